The van der Waals surface area contributed by atoms with Crippen molar-refractivity contribution in [3.8, 4) is 0 Å². The smallest absolute Gasteiger partial charge is 0.265 e. The molecule has 0 spiro atoms. The molecule has 0 bridgehead atoms. The summed E-state index contributed by atoms with van der Waals surface area (Å²) in [5, 5.41) is 10.9. The molecule has 0 N–H and O–H groups in total. The van der Waals surface area contributed by atoms with E-state index in [4.69, 9.17) is 12.2 Å². The van der Waals surface area contributed by atoms with Gasteiger partial charge in [-0.05, 0) is 23.9 Å². The number of carbonyl (C=O) groups excluding carboxylic acids is 1. The number of thioether (sulfide) groups is 1. The van der Waals surface area contributed by atoms with Gasteiger partial charge in [0.2, 0.25) is 0 Å². The summed E-state index contributed by atoms with van der Waals surface area (Å²) in [6.07, 6.45) is 0. The van der Waals surface area contributed by atoms with Crippen LogP contribution in [0.3, 0.4) is 0 Å². The molecule has 1 unspecified atom stereocenters. The Bertz CT molecular complexity index is 506. The van der Waals surface area contributed by atoms with Crippen LogP contribution in [0.4, 0.5) is 5.69 Å². The molecule has 1 amide bonds. The maximum absolute atomic E-state index is 12.1. The van der Waals surface area contributed by atoms with Gasteiger partial charge >= 0.3 is 10.8 Å². The Morgan fingerprint density at radius 3 is 2.47 bits per heavy atom. The molecule has 7 heteroatoms. The van der Waals surface area contributed by atoms with Gasteiger partial charge in [-0.1, -0.05) is 30.4 Å². The van der Waals surface area contributed by atoms with Crippen molar-refractivity contribution in [2.75, 3.05) is 4.90 Å². The van der Waals surface area contributed by atoms with E-state index >= 15 is 0 Å². The number of nitrogens with zero attached hydrogens (tertiary/aromatic N) is 2. The Morgan fingerprint density at radius 2 is 2.00 bits per heavy atom. The van der Waals surface area contributed by atoms with E-state index in [1.165, 1.54) is 11.8 Å². The highest BCUT2D eigenvalue weighted by molar-refractivity contribution is 8.25. The fourth-order valence-electron chi connectivity index (χ4n) is 1.46. The van der Waals surface area contributed by atoms with Crippen LogP contribution < -0.4 is 4.90 Å². The third-order valence-electron chi connectivity index (χ3n) is 2.43. The molecule has 1 aromatic carbocycles. The summed E-state index contributed by atoms with van der Waals surface area (Å²) in [5.74, 6) is -0.608. The van der Waals surface area contributed by atoms with Crippen LogP contribution in [-0.2, 0) is 4.79 Å². The molecule has 1 atom stereocenters. The van der Waals surface area contributed by atoms with Crippen molar-refractivity contribution in [2.24, 2.45) is 0 Å². The minimum absolute atomic E-state index is 0.209. The Balaban J connectivity index is 2.43. The van der Waals surface area contributed by atoms with Crippen LogP contribution in [-0.4, -0.2) is 20.0 Å². The zero-order valence-electron chi connectivity index (χ0n) is 8.82. The number of carbonyl (C=O) groups is 1. The van der Waals surface area contributed by atoms with Crippen molar-refractivity contribution in [1.29, 1.82) is 0 Å². The van der Waals surface area contributed by atoms with Crippen molar-refractivity contribution in [1.82, 2.24) is 0 Å². The van der Waals surface area contributed by atoms with Gasteiger partial charge in [-0.2, -0.15) is 0 Å². The molecule has 1 heterocycles. The number of rotatable bonds is 2. The number of thiocarbonyl (C=S) groups is 1. The molecule has 1 fully saturated rings. The van der Waals surface area contributed by atoms with Crippen LogP contribution in [0.15, 0.2) is 30.3 Å². The Labute approximate surface area is 107 Å². The summed E-state index contributed by atoms with van der Waals surface area (Å²) in [5.41, 5.74) is 0.556. The lowest BCUT2D eigenvalue weighted by molar-refractivity contribution is -0.516. The second-order valence-corrected chi connectivity index (χ2v) is 5.61. The largest absolute Gasteiger partial charge is 0.348 e. The van der Waals surface area contributed by atoms with Gasteiger partial charge in [0.1, 0.15) is 0 Å². The highest BCUT2D eigenvalue weighted by atomic mass is 32.2. The van der Waals surface area contributed by atoms with Gasteiger partial charge in [0, 0.05) is 11.8 Å². The van der Waals surface area contributed by atoms with Crippen LogP contribution >= 0.6 is 24.0 Å². The number of anilines is 1. The van der Waals surface area contributed by atoms with E-state index < -0.39 is 15.7 Å². The first-order valence-electron chi connectivity index (χ1n) is 4.74. The molecule has 2 rings (SSSR count). The molecule has 1 aliphatic rings. The van der Waals surface area contributed by atoms with Crippen LogP contribution in [0.5, 0.6) is 0 Å². The van der Waals surface area contributed by atoms with Crippen molar-refractivity contribution in [3.63, 3.8) is 0 Å². The molecular formula is C10H8N2O3S2. The number of amides is 1. The summed E-state index contributed by atoms with van der Waals surface area (Å²) < 4.78 is 0.209. The molecule has 0 saturated carbocycles. The maximum Gasteiger partial charge on any atom is 0.348 e. The molecule has 5 nitrogen and oxygen atoms in total. The minimum Gasteiger partial charge on any atom is -0.265 e. The Hall–Kier alpha value is -1.47. The summed E-state index contributed by atoms with van der Waals surface area (Å²) >= 11 is 5.83. The molecule has 88 valence electrons. The van der Waals surface area contributed by atoms with Gasteiger partial charge in [0.15, 0.2) is 4.32 Å². The number of hydrogen-bond donors (Lipinski definition) is 0. The zero-order valence-corrected chi connectivity index (χ0v) is 10.5. The van der Waals surface area contributed by atoms with E-state index in [1.54, 1.807) is 30.3 Å². The minimum atomic E-state index is -1.72. The third-order valence-corrected chi connectivity index (χ3v) is 3.94. The van der Waals surface area contributed by atoms with Crippen LogP contribution in [0.1, 0.15) is 6.92 Å². The lowest BCUT2D eigenvalue weighted by atomic mass is 10.2. The van der Waals surface area contributed by atoms with E-state index in [0.29, 0.717) is 5.69 Å². The van der Waals surface area contributed by atoms with E-state index in [1.807, 2.05) is 0 Å². The quantitative estimate of drug-likeness (QED) is 0.466. The van der Waals surface area contributed by atoms with Gasteiger partial charge in [-0.25, -0.2) is 0 Å². The topological polar surface area (TPSA) is 63.5 Å². The maximum atomic E-state index is 12.1. The summed E-state index contributed by atoms with van der Waals surface area (Å²) in [4.78, 5) is 21.9. The normalized spacial score (nSPS) is 24.2. The van der Waals surface area contributed by atoms with E-state index in [-0.39, 0.29) is 4.32 Å². The first-order chi connectivity index (χ1) is 7.97. The summed E-state index contributed by atoms with van der Waals surface area (Å²) in [6.45, 7) is 1.27. The first kappa shape index (κ1) is 12.0. The van der Waals surface area contributed by atoms with E-state index in [0.717, 1.165) is 11.8 Å². The predicted octanol–water partition coefficient (Wildman–Crippen LogP) is 2.04. The molecule has 0 radical (unpaired) electrons. The van der Waals surface area contributed by atoms with Gasteiger partial charge in [-0.15, -0.1) is 0 Å². The number of nitro groups is 1. The van der Waals surface area contributed by atoms with Gasteiger partial charge in [0.25, 0.3) is 0 Å². The van der Waals surface area contributed by atoms with Crippen molar-refractivity contribution in [3.05, 3.63) is 40.4 Å². The fourth-order valence-corrected chi connectivity index (χ4v) is 3.01. The Kier molecular flexibility index (Phi) is 2.88. The summed E-state index contributed by atoms with van der Waals surface area (Å²) in [7, 11) is 0. The summed E-state index contributed by atoms with van der Waals surface area (Å²) in [6, 6.07) is 8.68. The monoisotopic (exact) mass is 268 g/mol. The lowest BCUT2D eigenvalue weighted by Crippen LogP contribution is -2.42. The molecule has 1 aromatic rings. The third kappa shape index (κ3) is 1.81. The van der Waals surface area contributed by atoms with Gasteiger partial charge < -0.3 is 0 Å². The zero-order chi connectivity index (χ0) is 12.6. The van der Waals surface area contributed by atoms with Crippen molar-refractivity contribution in [2.45, 2.75) is 11.8 Å². The molecule has 0 aliphatic carbocycles. The average molecular weight is 268 g/mol. The lowest BCUT2D eigenvalue weighted by Gasteiger charge is -2.15. The Morgan fingerprint density at radius 1 is 1.41 bits per heavy atom. The molecule has 17 heavy (non-hydrogen) atoms. The van der Waals surface area contributed by atoms with E-state index in [2.05, 4.69) is 0 Å². The highest BCUT2D eigenvalue weighted by Gasteiger charge is 2.58. The molecule has 0 aromatic heterocycles. The second kappa shape index (κ2) is 4.08. The number of hydrogen-bond acceptors (Lipinski definition) is 5. The standard InChI is InChI=1S/C10H8N2O3S2/c1-10(12(14)15)8(13)11(9(16)17-10)7-5-3-2-4-6-7/h2-6H,1H3. The van der Waals surface area contributed by atoms with Crippen LogP contribution in [0.2, 0.25) is 0 Å². The first-order valence-corrected chi connectivity index (χ1v) is 5.96. The molecule has 1 aliphatic heterocycles. The van der Waals surface area contributed by atoms with Crippen molar-refractivity contribution < 1.29 is 9.72 Å². The molecular weight excluding hydrogens is 260 g/mol. The van der Waals surface area contributed by atoms with Gasteiger partial charge in [0.05, 0.1) is 5.69 Å². The van der Waals surface area contributed by atoms with E-state index in [9.17, 15) is 14.9 Å². The fraction of sp³-hybridized carbons (Fsp3) is 0.200. The van der Waals surface area contributed by atoms with Crippen LogP contribution in [0.25, 0.3) is 0 Å². The SMILES string of the molecule is CC1([N+](=O)[O-])SC(=S)N(c2ccccc2)C1=O. The van der Waals surface area contributed by atoms with Crippen molar-refractivity contribution >= 4 is 39.9 Å². The highest BCUT2D eigenvalue weighted by Crippen LogP contribution is 2.40. The predicted molar refractivity (Wildman–Crippen MR) is 69.5 cm³/mol. The van der Waals surface area contributed by atoms with Crippen LogP contribution in [0, 0.1) is 10.1 Å². The molecule has 1 saturated heterocycles. The van der Waals surface area contributed by atoms with Gasteiger partial charge in [-0.3, -0.25) is 19.8 Å². The second-order valence-electron chi connectivity index (χ2n) is 3.58. The average Bonchev–Trinajstić information content (AvgIpc) is 2.52. The number of benzene rings is 1. The number of para-hydroxylation sites is 1.